The fourth-order valence-corrected chi connectivity index (χ4v) is 1.74. The molecular weight excluding hydrogens is 284 g/mol. The summed E-state index contributed by atoms with van der Waals surface area (Å²) >= 11 is 0. The molecule has 5 nitrogen and oxygen atoms in total. The molecule has 1 N–H and O–H groups in total. The summed E-state index contributed by atoms with van der Waals surface area (Å²) in [7, 11) is 0. The van der Waals surface area contributed by atoms with Crippen LogP contribution >= 0.6 is 0 Å². The zero-order valence-corrected chi connectivity index (χ0v) is 11.9. The minimum atomic E-state index is -1.03. The highest BCUT2D eigenvalue weighted by Crippen LogP contribution is 2.19. The Hall–Kier alpha value is -2.82. The van der Waals surface area contributed by atoms with E-state index >= 15 is 0 Å². The maximum Gasteiger partial charge on any atom is 0.311 e. The molecule has 2 aromatic carbocycles. The van der Waals surface area contributed by atoms with E-state index in [1.165, 1.54) is 0 Å². The molecule has 114 valence electrons. The van der Waals surface area contributed by atoms with Crippen LogP contribution in [-0.4, -0.2) is 17.0 Å². The van der Waals surface area contributed by atoms with Crippen molar-refractivity contribution < 1.29 is 24.2 Å². The van der Waals surface area contributed by atoms with Crippen LogP contribution in [0.2, 0.25) is 0 Å². The summed E-state index contributed by atoms with van der Waals surface area (Å²) in [5.41, 5.74) is 1.06. The molecule has 0 unspecified atom stereocenters. The Morgan fingerprint density at radius 2 is 1.50 bits per heavy atom. The van der Waals surface area contributed by atoms with Gasteiger partial charge in [-0.15, -0.1) is 0 Å². The van der Waals surface area contributed by atoms with E-state index in [2.05, 4.69) is 0 Å². The van der Waals surface area contributed by atoms with E-state index in [4.69, 9.17) is 14.6 Å². The van der Waals surface area contributed by atoms with Gasteiger partial charge in [0.05, 0.1) is 12.8 Å². The largest absolute Gasteiger partial charge is 0.489 e. The van der Waals surface area contributed by atoms with Crippen molar-refractivity contribution in [3.05, 3.63) is 60.2 Å². The van der Waals surface area contributed by atoms with Gasteiger partial charge in [-0.3, -0.25) is 9.59 Å². The average Bonchev–Trinajstić information content (AvgIpc) is 2.53. The predicted molar refractivity (Wildman–Crippen MR) is 79.7 cm³/mol. The van der Waals surface area contributed by atoms with E-state index in [0.29, 0.717) is 18.1 Å². The monoisotopic (exact) mass is 300 g/mol. The first-order valence-corrected chi connectivity index (χ1v) is 6.83. The summed E-state index contributed by atoms with van der Waals surface area (Å²) in [4.78, 5) is 21.8. The van der Waals surface area contributed by atoms with E-state index in [1.54, 1.807) is 24.3 Å². The van der Waals surface area contributed by atoms with Gasteiger partial charge in [0, 0.05) is 0 Å². The number of hydrogen-bond acceptors (Lipinski definition) is 4. The molecule has 0 aliphatic carbocycles. The van der Waals surface area contributed by atoms with Crippen molar-refractivity contribution in [1.29, 1.82) is 0 Å². The summed E-state index contributed by atoms with van der Waals surface area (Å²) in [5, 5.41) is 8.49. The van der Waals surface area contributed by atoms with Crippen LogP contribution in [-0.2, 0) is 16.2 Å². The molecule has 0 atom stereocenters. The first-order chi connectivity index (χ1) is 10.6. The molecule has 0 saturated carbocycles. The van der Waals surface area contributed by atoms with Gasteiger partial charge in [0.25, 0.3) is 0 Å². The fraction of sp³-hybridized carbons (Fsp3) is 0.176. The molecule has 0 fully saturated rings. The third-order valence-corrected chi connectivity index (χ3v) is 2.85. The third kappa shape index (κ3) is 5.28. The van der Waals surface area contributed by atoms with Crippen molar-refractivity contribution in [2.75, 3.05) is 0 Å². The van der Waals surface area contributed by atoms with Gasteiger partial charge in [0.15, 0.2) is 0 Å². The predicted octanol–water partition coefficient (Wildman–Crippen LogP) is 3.04. The average molecular weight is 300 g/mol. The molecule has 0 spiro atoms. The number of hydrogen-bond donors (Lipinski definition) is 1. The standard InChI is InChI=1S/C17H16O5/c18-16(19)10-11-17(20)22-15-8-6-14(7-9-15)21-12-13-4-2-1-3-5-13/h1-9H,10-12H2,(H,18,19). The highest BCUT2D eigenvalue weighted by atomic mass is 16.5. The van der Waals surface area contributed by atoms with Gasteiger partial charge in [-0.05, 0) is 29.8 Å². The van der Waals surface area contributed by atoms with E-state index in [1.807, 2.05) is 30.3 Å². The third-order valence-electron chi connectivity index (χ3n) is 2.85. The van der Waals surface area contributed by atoms with E-state index < -0.39 is 11.9 Å². The van der Waals surface area contributed by atoms with Gasteiger partial charge in [-0.2, -0.15) is 0 Å². The van der Waals surface area contributed by atoms with E-state index in [0.717, 1.165) is 5.56 Å². The molecule has 0 bridgehead atoms. The van der Waals surface area contributed by atoms with Crippen LogP contribution in [0.5, 0.6) is 11.5 Å². The van der Waals surface area contributed by atoms with Crippen LogP contribution in [0.3, 0.4) is 0 Å². The lowest BCUT2D eigenvalue weighted by atomic mass is 10.2. The van der Waals surface area contributed by atoms with Crippen LogP contribution in [0.1, 0.15) is 18.4 Å². The van der Waals surface area contributed by atoms with Crippen molar-refractivity contribution in [3.63, 3.8) is 0 Å². The molecule has 22 heavy (non-hydrogen) atoms. The number of benzene rings is 2. The number of carboxylic acids is 1. The van der Waals surface area contributed by atoms with Crippen molar-refractivity contribution in [3.8, 4) is 11.5 Å². The number of esters is 1. The fourth-order valence-electron chi connectivity index (χ4n) is 1.74. The molecule has 0 aliphatic rings. The van der Waals surface area contributed by atoms with Crippen molar-refractivity contribution in [2.24, 2.45) is 0 Å². The molecule has 5 heteroatoms. The first-order valence-electron chi connectivity index (χ1n) is 6.83. The van der Waals surface area contributed by atoms with Gasteiger partial charge < -0.3 is 14.6 Å². The number of ether oxygens (including phenoxy) is 2. The normalized spacial score (nSPS) is 10.0. The van der Waals surface area contributed by atoms with Gasteiger partial charge in [-0.25, -0.2) is 0 Å². The Labute approximate surface area is 128 Å². The quantitative estimate of drug-likeness (QED) is 0.628. The van der Waals surface area contributed by atoms with Gasteiger partial charge in [0.1, 0.15) is 18.1 Å². The van der Waals surface area contributed by atoms with Crippen LogP contribution < -0.4 is 9.47 Å². The van der Waals surface area contributed by atoms with E-state index in [9.17, 15) is 9.59 Å². The molecule has 0 radical (unpaired) electrons. The zero-order chi connectivity index (χ0) is 15.8. The smallest absolute Gasteiger partial charge is 0.311 e. The van der Waals surface area contributed by atoms with Crippen LogP contribution in [0, 0.1) is 0 Å². The SMILES string of the molecule is O=C(O)CCC(=O)Oc1ccc(OCc2ccccc2)cc1. The molecular formula is C17H16O5. The Morgan fingerprint density at radius 1 is 0.864 bits per heavy atom. The number of carbonyl (C=O) groups is 2. The molecule has 0 saturated heterocycles. The van der Waals surface area contributed by atoms with Crippen molar-refractivity contribution in [1.82, 2.24) is 0 Å². The maximum absolute atomic E-state index is 11.4. The van der Waals surface area contributed by atoms with Gasteiger partial charge >= 0.3 is 11.9 Å². The minimum absolute atomic E-state index is 0.151. The number of aliphatic carboxylic acids is 1. The molecule has 0 aliphatic heterocycles. The second-order valence-electron chi connectivity index (χ2n) is 4.61. The summed E-state index contributed by atoms with van der Waals surface area (Å²) in [6, 6.07) is 16.4. The molecule has 2 rings (SSSR count). The summed E-state index contributed by atoms with van der Waals surface area (Å²) < 4.78 is 10.6. The highest BCUT2D eigenvalue weighted by molar-refractivity contribution is 5.78. The number of rotatable bonds is 7. The first kappa shape index (κ1) is 15.6. The van der Waals surface area contributed by atoms with Gasteiger partial charge in [0.2, 0.25) is 0 Å². The molecule has 2 aromatic rings. The highest BCUT2D eigenvalue weighted by Gasteiger charge is 2.08. The van der Waals surface area contributed by atoms with Crippen LogP contribution in [0.15, 0.2) is 54.6 Å². The second kappa shape index (κ2) is 7.83. The Balaban J connectivity index is 1.82. The van der Waals surface area contributed by atoms with Crippen LogP contribution in [0.4, 0.5) is 0 Å². The summed E-state index contributed by atoms with van der Waals surface area (Å²) in [6.45, 7) is 0.457. The summed E-state index contributed by atoms with van der Waals surface area (Å²) in [6.07, 6.45) is -0.390. The number of carboxylic acid groups (broad SMARTS) is 1. The molecule has 0 heterocycles. The lowest BCUT2D eigenvalue weighted by molar-refractivity contribution is -0.142. The maximum atomic E-state index is 11.4. The van der Waals surface area contributed by atoms with Crippen LogP contribution in [0.25, 0.3) is 0 Å². The Kier molecular flexibility index (Phi) is 5.54. The van der Waals surface area contributed by atoms with E-state index in [-0.39, 0.29) is 12.8 Å². The molecule has 0 amide bonds. The van der Waals surface area contributed by atoms with Gasteiger partial charge in [-0.1, -0.05) is 30.3 Å². The minimum Gasteiger partial charge on any atom is -0.489 e. The summed E-state index contributed by atoms with van der Waals surface area (Å²) in [5.74, 6) is -0.571. The second-order valence-corrected chi connectivity index (χ2v) is 4.61. The Morgan fingerprint density at radius 3 is 2.14 bits per heavy atom. The Bertz CT molecular complexity index is 619. The van der Waals surface area contributed by atoms with Crippen molar-refractivity contribution >= 4 is 11.9 Å². The lowest BCUT2D eigenvalue weighted by Gasteiger charge is -2.07. The van der Waals surface area contributed by atoms with Crippen molar-refractivity contribution in [2.45, 2.75) is 19.4 Å². The number of carbonyl (C=O) groups excluding carboxylic acids is 1. The lowest BCUT2D eigenvalue weighted by Crippen LogP contribution is -2.10. The molecule has 0 aromatic heterocycles. The topological polar surface area (TPSA) is 72.8 Å². The zero-order valence-electron chi connectivity index (χ0n) is 11.9.